The number of nitrogens with zero attached hydrogens (tertiary/aromatic N) is 5. The first-order valence-corrected chi connectivity index (χ1v) is 11.2. The molecule has 8 heteroatoms. The minimum Gasteiger partial charge on any atom is -0.280 e. The van der Waals surface area contributed by atoms with Crippen LogP contribution in [-0.2, 0) is 6.54 Å². The highest BCUT2D eigenvalue weighted by Gasteiger charge is 2.24. The van der Waals surface area contributed by atoms with Gasteiger partial charge in [0.15, 0.2) is 10.1 Å². The Labute approximate surface area is 181 Å². The molecule has 30 heavy (non-hydrogen) atoms. The molecule has 1 amide bonds. The van der Waals surface area contributed by atoms with E-state index in [4.69, 9.17) is 4.98 Å². The van der Waals surface area contributed by atoms with Crippen LogP contribution in [0.3, 0.4) is 0 Å². The maximum atomic E-state index is 13.5. The lowest BCUT2D eigenvalue weighted by Crippen LogP contribution is -2.34. The molecule has 3 heterocycles. The number of hydrogen-bond donors (Lipinski definition) is 0. The number of amides is 1. The molecule has 0 aliphatic rings. The van der Waals surface area contributed by atoms with Gasteiger partial charge >= 0.3 is 0 Å². The zero-order valence-electron chi connectivity index (χ0n) is 16.6. The van der Waals surface area contributed by atoms with Crippen molar-refractivity contribution in [3.63, 3.8) is 0 Å². The third kappa shape index (κ3) is 3.48. The van der Waals surface area contributed by atoms with Crippen molar-refractivity contribution in [2.75, 3.05) is 11.4 Å². The molecule has 0 saturated carbocycles. The summed E-state index contributed by atoms with van der Waals surface area (Å²) in [6.07, 6.45) is 3.63. The monoisotopic (exact) mass is 433 g/mol. The van der Waals surface area contributed by atoms with Crippen LogP contribution < -0.4 is 4.90 Å². The molecule has 5 rings (SSSR count). The fourth-order valence-corrected chi connectivity index (χ4v) is 5.55. The number of rotatable bonds is 5. The van der Waals surface area contributed by atoms with Crippen LogP contribution in [0.4, 0.5) is 5.13 Å². The minimum absolute atomic E-state index is 0.128. The van der Waals surface area contributed by atoms with Gasteiger partial charge in [0.1, 0.15) is 0 Å². The summed E-state index contributed by atoms with van der Waals surface area (Å²) >= 11 is 2.96. The van der Waals surface area contributed by atoms with Crippen LogP contribution in [0.2, 0.25) is 0 Å². The summed E-state index contributed by atoms with van der Waals surface area (Å²) in [5.74, 6) is -0.128. The van der Waals surface area contributed by atoms with Crippen molar-refractivity contribution >= 4 is 54.1 Å². The highest BCUT2D eigenvalue weighted by Crippen LogP contribution is 2.33. The molecule has 2 aromatic carbocycles. The molecule has 0 aliphatic carbocycles. The van der Waals surface area contributed by atoms with Crippen molar-refractivity contribution < 1.29 is 4.79 Å². The lowest BCUT2D eigenvalue weighted by Gasteiger charge is -2.18. The fourth-order valence-electron chi connectivity index (χ4n) is 3.47. The Kier molecular flexibility index (Phi) is 4.80. The Hall–Kier alpha value is -3.10. The van der Waals surface area contributed by atoms with E-state index in [0.29, 0.717) is 23.2 Å². The highest BCUT2D eigenvalue weighted by atomic mass is 32.1. The van der Waals surface area contributed by atoms with E-state index in [0.717, 1.165) is 26.0 Å². The second-order valence-electron chi connectivity index (χ2n) is 7.14. The molecule has 0 N–H and O–H groups in total. The van der Waals surface area contributed by atoms with Gasteiger partial charge in [0, 0.05) is 18.9 Å². The van der Waals surface area contributed by atoms with Gasteiger partial charge in [-0.15, -0.1) is 11.3 Å². The number of aromatic nitrogens is 4. The number of hydrogen-bond acceptors (Lipinski definition) is 6. The lowest BCUT2D eigenvalue weighted by molar-refractivity contribution is 0.0985. The van der Waals surface area contributed by atoms with E-state index >= 15 is 0 Å². The van der Waals surface area contributed by atoms with Gasteiger partial charge in [-0.2, -0.15) is 5.10 Å². The van der Waals surface area contributed by atoms with Crippen molar-refractivity contribution in [2.24, 2.45) is 0 Å². The number of fused-ring (bicyclic) bond motifs is 2. The number of benzene rings is 2. The fraction of sp³-hybridized carbons (Fsp3) is 0.182. The molecule has 0 atom stereocenters. The van der Waals surface area contributed by atoms with Crippen molar-refractivity contribution in [3.05, 3.63) is 71.0 Å². The van der Waals surface area contributed by atoms with Gasteiger partial charge < -0.3 is 0 Å². The lowest BCUT2D eigenvalue weighted by atomic mass is 10.1. The van der Waals surface area contributed by atoms with E-state index in [9.17, 15) is 4.79 Å². The molecule has 0 aliphatic heterocycles. The zero-order valence-corrected chi connectivity index (χ0v) is 18.2. The average Bonchev–Trinajstić information content (AvgIpc) is 3.47. The molecule has 5 aromatic rings. The molecule has 0 bridgehead atoms. The van der Waals surface area contributed by atoms with Crippen molar-refractivity contribution in [1.29, 1.82) is 0 Å². The third-order valence-electron chi connectivity index (χ3n) is 4.88. The highest BCUT2D eigenvalue weighted by molar-refractivity contribution is 7.23. The number of anilines is 1. The SMILES string of the molecule is Cc1cc(C)c2nc(N(CCn3cccn3)C(=O)c3nc4ccccc4s3)sc2c1. The molecule has 150 valence electrons. The van der Waals surface area contributed by atoms with Gasteiger partial charge in [-0.3, -0.25) is 14.4 Å². The summed E-state index contributed by atoms with van der Waals surface area (Å²) in [5, 5.41) is 5.43. The number of carbonyl (C=O) groups excluding carboxylic acids is 1. The van der Waals surface area contributed by atoms with Gasteiger partial charge in [-0.05, 0) is 49.2 Å². The van der Waals surface area contributed by atoms with E-state index in [2.05, 4.69) is 36.1 Å². The molecule has 0 fully saturated rings. The topological polar surface area (TPSA) is 63.9 Å². The van der Waals surface area contributed by atoms with Crippen LogP contribution in [0, 0.1) is 13.8 Å². The van der Waals surface area contributed by atoms with Crippen LogP contribution in [-0.4, -0.2) is 32.2 Å². The van der Waals surface area contributed by atoms with Crippen LogP contribution >= 0.6 is 22.7 Å². The van der Waals surface area contributed by atoms with Crippen LogP contribution in [0.5, 0.6) is 0 Å². The van der Waals surface area contributed by atoms with Gasteiger partial charge in [0.25, 0.3) is 5.91 Å². The zero-order chi connectivity index (χ0) is 20.7. The van der Waals surface area contributed by atoms with Gasteiger partial charge in [-0.25, -0.2) is 9.97 Å². The minimum atomic E-state index is -0.128. The first-order valence-electron chi connectivity index (χ1n) is 9.61. The normalized spacial score (nSPS) is 11.4. The predicted molar refractivity (Wildman–Crippen MR) is 123 cm³/mol. The first-order chi connectivity index (χ1) is 14.6. The molecule has 0 unspecified atom stereocenters. The van der Waals surface area contributed by atoms with Crippen molar-refractivity contribution in [1.82, 2.24) is 19.7 Å². The molecular formula is C22H19N5OS2. The largest absolute Gasteiger partial charge is 0.289 e. The van der Waals surface area contributed by atoms with E-state index in [1.807, 2.05) is 41.2 Å². The second-order valence-corrected chi connectivity index (χ2v) is 9.18. The molecular weight excluding hydrogens is 414 g/mol. The van der Waals surface area contributed by atoms with Gasteiger partial charge in [0.05, 0.1) is 27.0 Å². The van der Waals surface area contributed by atoms with Crippen molar-refractivity contribution in [2.45, 2.75) is 20.4 Å². The van der Waals surface area contributed by atoms with Gasteiger partial charge in [-0.1, -0.05) is 29.5 Å². The van der Waals surface area contributed by atoms with Crippen molar-refractivity contribution in [3.8, 4) is 0 Å². The van der Waals surface area contributed by atoms with E-state index in [-0.39, 0.29) is 5.91 Å². The Bertz CT molecular complexity index is 1320. The summed E-state index contributed by atoms with van der Waals surface area (Å²) < 4.78 is 3.91. The average molecular weight is 434 g/mol. The maximum Gasteiger partial charge on any atom is 0.289 e. The van der Waals surface area contributed by atoms with Crippen LogP contribution in [0.25, 0.3) is 20.4 Å². The Morgan fingerprint density at radius 1 is 1.07 bits per heavy atom. The third-order valence-corrected chi connectivity index (χ3v) is 6.93. The summed E-state index contributed by atoms with van der Waals surface area (Å²) in [5.41, 5.74) is 4.10. The Morgan fingerprint density at radius 3 is 2.73 bits per heavy atom. The summed E-state index contributed by atoms with van der Waals surface area (Å²) in [6.45, 7) is 5.18. The number of carbonyl (C=O) groups is 1. The molecule has 0 radical (unpaired) electrons. The summed E-state index contributed by atoms with van der Waals surface area (Å²) in [7, 11) is 0. The number of para-hydroxylation sites is 1. The van der Waals surface area contributed by atoms with E-state index in [1.54, 1.807) is 22.4 Å². The number of aryl methyl sites for hydroxylation is 2. The van der Waals surface area contributed by atoms with E-state index in [1.165, 1.54) is 16.9 Å². The van der Waals surface area contributed by atoms with E-state index < -0.39 is 0 Å². The smallest absolute Gasteiger partial charge is 0.280 e. The number of thiazole rings is 2. The Balaban J connectivity index is 1.55. The predicted octanol–water partition coefficient (Wildman–Crippen LogP) is 5.07. The first kappa shape index (κ1) is 18.9. The second kappa shape index (κ2) is 7.62. The molecule has 6 nitrogen and oxygen atoms in total. The molecule has 3 aromatic heterocycles. The quantitative estimate of drug-likeness (QED) is 0.388. The van der Waals surface area contributed by atoms with Gasteiger partial charge in [0.2, 0.25) is 0 Å². The molecule has 0 saturated heterocycles. The maximum absolute atomic E-state index is 13.5. The summed E-state index contributed by atoms with van der Waals surface area (Å²) in [4.78, 5) is 24.6. The standard InChI is InChI=1S/C22H19N5OS2/c1-14-12-15(2)19-18(13-14)30-22(25-19)27(11-10-26-9-5-8-23-26)21(28)20-24-16-6-3-4-7-17(16)29-20/h3-9,12-13H,10-11H2,1-2H3. The molecule has 0 spiro atoms. The summed E-state index contributed by atoms with van der Waals surface area (Å²) in [6, 6.07) is 13.9. The van der Waals surface area contributed by atoms with Crippen LogP contribution in [0.15, 0.2) is 54.9 Å². The van der Waals surface area contributed by atoms with Crippen LogP contribution in [0.1, 0.15) is 20.9 Å². The Morgan fingerprint density at radius 2 is 1.93 bits per heavy atom.